The Bertz CT molecular complexity index is 715. The van der Waals surface area contributed by atoms with E-state index in [0.29, 0.717) is 24.5 Å². The smallest absolute Gasteiger partial charge is 0.391 e. The van der Waals surface area contributed by atoms with Crippen LogP contribution in [0, 0.1) is 0 Å². The van der Waals surface area contributed by atoms with Gasteiger partial charge in [0.2, 0.25) is 5.88 Å². The van der Waals surface area contributed by atoms with Crippen LogP contribution in [0.15, 0.2) is 16.9 Å². The first-order valence-corrected chi connectivity index (χ1v) is 12.4. The molecule has 7 nitrogen and oxygen atoms in total. The Labute approximate surface area is 150 Å². The van der Waals surface area contributed by atoms with Crippen molar-refractivity contribution < 1.29 is 14.3 Å². The second-order valence-electron chi connectivity index (χ2n) is 6.60. The molecule has 0 saturated carbocycles. The molecule has 0 atom stereocenters. The lowest BCUT2D eigenvalue weighted by atomic mass is 10.3. The molecule has 2 aromatic rings. The largest absolute Gasteiger partial charge is 0.413 e. The zero-order valence-electron chi connectivity index (χ0n) is 14.4. The second-order valence-corrected chi connectivity index (χ2v) is 13.0. The molecule has 2 aromatic heterocycles. The van der Waals surface area contributed by atoms with Gasteiger partial charge in [-0.3, -0.25) is 0 Å². The summed E-state index contributed by atoms with van der Waals surface area (Å²) in [6, 6.07) is 2.78. The number of amides is 1. The van der Waals surface area contributed by atoms with Crippen molar-refractivity contribution in [2.75, 3.05) is 13.2 Å². The minimum absolute atomic E-state index is 0.226. The molecule has 132 valence electrons. The highest BCUT2D eigenvalue weighted by Crippen LogP contribution is 2.25. The molecule has 2 rings (SSSR count). The normalized spacial score (nSPS) is 11.7. The van der Waals surface area contributed by atoms with Gasteiger partial charge in [0.25, 0.3) is 0 Å². The molecule has 1 N–H and O–H groups in total. The van der Waals surface area contributed by atoms with E-state index < -0.39 is 14.2 Å². The predicted octanol–water partition coefficient (Wildman–Crippen LogP) is 3.61. The summed E-state index contributed by atoms with van der Waals surface area (Å²) in [7, 11) is -1.12. The van der Waals surface area contributed by atoms with Crippen molar-refractivity contribution in [3.63, 3.8) is 0 Å². The van der Waals surface area contributed by atoms with E-state index in [2.05, 4.69) is 51.0 Å². The van der Waals surface area contributed by atoms with Crippen molar-refractivity contribution in [1.29, 1.82) is 0 Å². The van der Waals surface area contributed by atoms with Gasteiger partial charge in [0.05, 0.1) is 10.9 Å². The highest BCUT2D eigenvalue weighted by molar-refractivity contribution is 9.10. The van der Waals surface area contributed by atoms with Crippen LogP contribution >= 0.6 is 15.9 Å². The number of hydrogen-bond acceptors (Lipinski definition) is 5. The Kier molecular flexibility index (Phi) is 6.36. The Morgan fingerprint density at radius 1 is 1.42 bits per heavy atom. The summed E-state index contributed by atoms with van der Waals surface area (Å²) in [5.74, 6) is 0.226. The minimum atomic E-state index is -1.12. The standard InChI is InChI=1S/C15H23BrN4O3Si/c1-5-17-15(21)23-13-8-12-11(9-18-13)14(16)19-20(12)10-22-6-7-24(2,3)4/h8-9H,5-7,10H2,1-4H3,(H,17,21). The molecule has 0 fully saturated rings. The van der Waals surface area contributed by atoms with Crippen molar-refractivity contribution in [1.82, 2.24) is 20.1 Å². The van der Waals surface area contributed by atoms with E-state index in [0.717, 1.165) is 16.9 Å². The Morgan fingerprint density at radius 3 is 2.83 bits per heavy atom. The van der Waals surface area contributed by atoms with Gasteiger partial charge in [-0.1, -0.05) is 19.6 Å². The van der Waals surface area contributed by atoms with E-state index in [4.69, 9.17) is 9.47 Å². The maximum Gasteiger partial charge on any atom is 0.413 e. The van der Waals surface area contributed by atoms with E-state index in [1.165, 1.54) is 0 Å². The lowest BCUT2D eigenvalue weighted by Gasteiger charge is -2.15. The molecule has 0 aliphatic heterocycles. The van der Waals surface area contributed by atoms with Crippen LogP contribution in [0.1, 0.15) is 6.92 Å². The summed E-state index contributed by atoms with van der Waals surface area (Å²) in [6.45, 7) is 10.3. The van der Waals surface area contributed by atoms with Gasteiger partial charge in [-0.15, -0.1) is 0 Å². The number of nitrogens with zero attached hydrogens (tertiary/aromatic N) is 3. The highest BCUT2D eigenvalue weighted by atomic mass is 79.9. The third-order valence-corrected chi connectivity index (χ3v) is 5.58. The van der Waals surface area contributed by atoms with Crippen molar-refractivity contribution in [3.05, 3.63) is 16.9 Å². The van der Waals surface area contributed by atoms with E-state index in [9.17, 15) is 4.79 Å². The third-order valence-electron chi connectivity index (χ3n) is 3.29. The van der Waals surface area contributed by atoms with Crippen LogP contribution in [0.3, 0.4) is 0 Å². The van der Waals surface area contributed by atoms with Crippen LogP contribution in [-0.2, 0) is 11.5 Å². The maximum atomic E-state index is 11.5. The number of fused-ring (bicyclic) bond motifs is 1. The van der Waals surface area contributed by atoms with Crippen molar-refractivity contribution in [2.24, 2.45) is 0 Å². The van der Waals surface area contributed by atoms with E-state index in [1.807, 2.05) is 6.92 Å². The fraction of sp³-hybridized carbons (Fsp3) is 0.533. The summed E-state index contributed by atoms with van der Waals surface area (Å²) in [6.07, 6.45) is 1.10. The Morgan fingerprint density at radius 2 is 2.17 bits per heavy atom. The van der Waals surface area contributed by atoms with Crippen LogP contribution < -0.4 is 10.1 Å². The molecule has 0 aliphatic rings. The molecule has 1 amide bonds. The van der Waals surface area contributed by atoms with Crippen molar-refractivity contribution in [2.45, 2.75) is 39.3 Å². The topological polar surface area (TPSA) is 78.3 Å². The van der Waals surface area contributed by atoms with Gasteiger partial charge in [0, 0.05) is 33.5 Å². The van der Waals surface area contributed by atoms with Crippen LogP contribution in [0.5, 0.6) is 5.88 Å². The number of pyridine rings is 1. The quantitative estimate of drug-likeness (QED) is 0.552. The molecule has 0 bridgehead atoms. The molecule has 0 spiro atoms. The summed E-state index contributed by atoms with van der Waals surface area (Å²) >= 11 is 3.42. The maximum absolute atomic E-state index is 11.5. The zero-order valence-corrected chi connectivity index (χ0v) is 17.0. The summed E-state index contributed by atoms with van der Waals surface area (Å²) in [5.41, 5.74) is 0.796. The summed E-state index contributed by atoms with van der Waals surface area (Å²) in [4.78, 5) is 15.6. The first-order chi connectivity index (χ1) is 11.3. The third kappa shape index (κ3) is 5.28. The Hall–Kier alpha value is -1.45. The van der Waals surface area contributed by atoms with E-state index in [1.54, 1.807) is 16.9 Å². The Balaban J connectivity index is 2.10. The fourth-order valence-corrected chi connectivity index (χ4v) is 3.23. The van der Waals surface area contributed by atoms with Crippen molar-refractivity contribution in [3.8, 4) is 5.88 Å². The molecule has 0 saturated heterocycles. The highest BCUT2D eigenvalue weighted by Gasteiger charge is 2.14. The monoisotopic (exact) mass is 414 g/mol. The number of carbonyl (C=O) groups excluding carboxylic acids is 1. The van der Waals surface area contributed by atoms with Gasteiger partial charge in [-0.05, 0) is 28.9 Å². The molecular weight excluding hydrogens is 392 g/mol. The molecular formula is C15H23BrN4O3Si. The first-order valence-electron chi connectivity index (χ1n) is 7.85. The molecule has 9 heteroatoms. The van der Waals surface area contributed by atoms with Gasteiger partial charge < -0.3 is 14.8 Å². The van der Waals surface area contributed by atoms with Gasteiger partial charge in [-0.25, -0.2) is 14.5 Å². The lowest BCUT2D eigenvalue weighted by Crippen LogP contribution is -2.26. The molecule has 2 heterocycles. The van der Waals surface area contributed by atoms with Crippen LogP contribution in [0.2, 0.25) is 25.7 Å². The molecule has 0 aromatic carbocycles. The molecule has 0 aliphatic carbocycles. The second kappa shape index (κ2) is 8.08. The molecule has 0 radical (unpaired) electrons. The number of nitrogens with one attached hydrogen (secondary N) is 1. The number of carbonyl (C=O) groups is 1. The number of aromatic nitrogens is 3. The van der Waals surface area contributed by atoms with Crippen LogP contribution in [0.25, 0.3) is 10.9 Å². The number of ether oxygens (including phenoxy) is 2. The summed E-state index contributed by atoms with van der Waals surface area (Å²) < 4.78 is 13.3. The van der Waals surface area contributed by atoms with E-state index >= 15 is 0 Å². The number of halogens is 1. The van der Waals surface area contributed by atoms with Crippen LogP contribution in [0.4, 0.5) is 4.79 Å². The van der Waals surface area contributed by atoms with Gasteiger partial charge >= 0.3 is 6.09 Å². The molecule has 24 heavy (non-hydrogen) atoms. The van der Waals surface area contributed by atoms with Gasteiger partial charge in [-0.2, -0.15) is 5.10 Å². The van der Waals surface area contributed by atoms with Crippen molar-refractivity contribution >= 4 is 41.0 Å². The fourth-order valence-electron chi connectivity index (χ4n) is 1.97. The van der Waals surface area contributed by atoms with Gasteiger partial charge in [0.1, 0.15) is 11.3 Å². The van der Waals surface area contributed by atoms with Crippen LogP contribution in [-0.4, -0.2) is 42.1 Å². The first kappa shape index (κ1) is 18.9. The molecule has 0 unspecified atom stereocenters. The predicted molar refractivity (Wildman–Crippen MR) is 99.0 cm³/mol. The van der Waals surface area contributed by atoms with E-state index in [-0.39, 0.29) is 5.88 Å². The zero-order chi connectivity index (χ0) is 17.7. The average Bonchev–Trinajstić information content (AvgIpc) is 2.79. The minimum Gasteiger partial charge on any atom is -0.391 e. The summed E-state index contributed by atoms with van der Waals surface area (Å²) in [5, 5.41) is 7.81. The number of hydrogen-bond donors (Lipinski definition) is 1. The van der Waals surface area contributed by atoms with Gasteiger partial charge in [0.15, 0.2) is 0 Å². The lowest BCUT2D eigenvalue weighted by molar-refractivity contribution is 0.0814. The SMILES string of the molecule is CCNC(=O)Oc1cc2c(cn1)c(Br)nn2COCC[Si](C)(C)C. The number of rotatable bonds is 7. The average molecular weight is 415 g/mol.